The van der Waals surface area contributed by atoms with E-state index in [2.05, 4.69) is 36.4 Å². The van der Waals surface area contributed by atoms with Gasteiger partial charge in [0.25, 0.3) is 0 Å². The highest BCUT2D eigenvalue weighted by Crippen LogP contribution is 2.39. The van der Waals surface area contributed by atoms with Gasteiger partial charge in [-0.2, -0.15) is 9.97 Å². The van der Waals surface area contributed by atoms with E-state index in [-0.39, 0.29) is 29.7 Å². The third-order valence-electron chi connectivity index (χ3n) is 9.16. The zero-order chi connectivity index (χ0) is 37.4. The fourth-order valence-corrected chi connectivity index (χ4v) is 6.86. The maximum Gasteiger partial charge on any atom is 0.238 e. The molecule has 10 aromatic rings. The molecule has 0 aliphatic carbocycles. The van der Waals surface area contributed by atoms with E-state index in [1.54, 1.807) is 6.07 Å². The first kappa shape index (κ1) is 23.5. The Balaban J connectivity index is 1.21. The molecule has 234 valence electrons. The molecule has 3 aromatic heterocycles. The molecule has 0 spiro atoms. The molecule has 7 aromatic carbocycles. The van der Waals surface area contributed by atoms with Gasteiger partial charge in [-0.25, -0.2) is 4.98 Å². The fraction of sp³-hybridized carbons (Fsp3) is 0. The highest BCUT2D eigenvalue weighted by molar-refractivity contribution is 6.15. The van der Waals surface area contributed by atoms with Crippen LogP contribution in [-0.4, -0.2) is 19.5 Å². The normalized spacial score (nSPS) is 13.0. The molecule has 0 saturated carbocycles. The van der Waals surface area contributed by atoms with E-state index in [4.69, 9.17) is 26.2 Å². The first-order valence-electron chi connectivity index (χ1n) is 18.8. The predicted molar refractivity (Wildman–Crippen MR) is 203 cm³/mol. The van der Waals surface area contributed by atoms with E-state index in [0.29, 0.717) is 28.7 Å². The second kappa shape index (κ2) is 11.4. The number of nitrogens with zero attached hydrogens (tertiary/aromatic N) is 4. The molecule has 0 aliphatic rings. The van der Waals surface area contributed by atoms with Gasteiger partial charge in [-0.1, -0.05) is 127 Å². The molecule has 5 heteroatoms. The van der Waals surface area contributed by atoms with Crippen LogP contribution in [0.1, 0.15) is 6.85 Å². The van der Waals surface area contributed by atoms with Crippen molar-refractivity contribution in [2.45, 2.75) is 0 Å². The number of aromatic nitrogens is 4. The highest BCUT2D eigenvalue weighted by Gasteiger charge is 2.20. The molecule has 50 heavy (non-hydrogen) atoms. The summed E-state index contributed by atoms with van der Waals surface area (Å²) in [5.74, 6) is 1.32. The summed E-state index contributed by atoms with van der Waals surface area (Å²) in [6.45, 7) is 0. The Hall–Kier alpha value is -6.85. The first-order chi connectivity index (χ1) is 26.9. The smallest absolute Gasteiger partial charge is 0.238 e. The molecule has 0 fully saturated rings. The zero-order valence-corrected chi connectivity index (χ0v) is 26.5. The molecule has 0 aliphatic heterocycles. The minimum atomic E-state index is -0.432. The van der Waals surface area contributed by atoms with Crippen LogP contribution in [0.3, 0.4) is 0 Å². The first-order valence-corrected chi connectivity index (χ1v) is 16.3. The fourth-order valence-electron chi connectivity index (χ4n) is 6.86. The number of hydrogen-bond acceptors (Lipinski definition) is 4. The molecule has 10 rings (SSSR count). The summed E-state index contributed by atoms with van der Waals surface area (Å²) in [6, 6.07) is 43.8. The number of hydrogen-bond donors (Lipinski definition) is 0. The Morgan fingerprint density at radius 2 is 1.16 bits per heavy atom. The van der Waals surface area contributed by atoms with E-state index in [9.17, 15) is 0 Å². The van der Waals surface area contributed by atoms with Gasteiger partial charge in [0.15, 0.2) is 11.6 Å². The van der Waals surface area contributed by atoms with E-state index < -0.39 is 6.04 Å². The Labute approximate surface area is 294 Å². The lowest BCUT2D eigenvalue weighted by molar-refractivity contribution is 0.669. The summed E-state index contributed by atoms with van der Waals surface area (Å²) in [7, 11) is 0. The minimum Gasteiger partial charge on any atom is -0.456 e. The molecular formula is C45H28N4O. The van der Waals surface area contributed by atoms with Crippen LogP contribution in [0.2, 0.25) is 0 Å². The second-order valence-electron chi connectivity index (χ2n) is 12.1. The van der Waals surface area contributed by atoms with Gasteiger partial charge in [0.2, 0.25) is 5.95 Å². The molecule has 0 saturated heterocycles. The Morgan fingerprint density at radius 3 is 1.98 bits per heavy atom. The van der Waals surface area contributed by atoms with Gasteiger partial charge in [-0.3, -0.25) is 4.57 Å². The zero-order valence-electron chi connectivity index (χ0n) is 31.5. The summed E-state index contributed by atoms with van der Waals surface area (Å²) >= 11 is 0. The summed E-state index contributed by atoms with van der Waals surface area (Å²) < 4.78 is 50.9. The molecule has 5 nitrogen and oxygen atoms in total. The van der Waals surface area contributed by atoms with Crippen LogP contribution in [0, 0.1) is 0 Å². The largest absolute Gasteiger partial charge is 0.456 e. The van der Waals surface area contributed by atoms with Crippen LogP contribution in [0.4, 0.5) is 0 Å². The Morgan fingerprint density at radius 1 is 0.460 bits per heavy atom. The lowest BCUT2D eigenvalue weighted by atomic mass is 9.99. The Kier molecular flexibility index (Phi) is 5.35. The highest BCUT2D eigenvalue weighted by atomic mass is 16.3. The standard InChI is InChI=1S/C45H28N4O/c1-4-13-29(14-5-1)32-23-25-35-37-27-33(24-26-40(37)50-41(35)28-32)44-46-43(31-17-8-3-9-18-31)47-45(48-44)49-38-21-11-10-19-36(38)42-34(20-12-22-39(42)49)30-15-6-2-7-16-30/h1-28H/i2D,6D,7D,15D,16D. The molecule has 0 amide bonds. The van der Waals surface area contributed by atoms with Crippen molar-refractivity contribution in [1.29, 1.82) is 0 Å². The van der Waals surface area contributed by atoms with Gasteiger partial charge in [0, 0.05) is 32.7 Å². The van der Waals surface area contributed by atoms with Crippen LogP contribution < -0.4 is 0 Å². The monoisotopic (exact) mass is 645 g/mol. The van der Waals surface area contributed by atoms with Crippen LogP contribution in [0.25, 0.3) is 94.7 Å². The third-order valence-corrected chi connectivity index (χ3v) is 9.16. The lowest BCUT2D eigenvalue weighted by Gasteiger charge is -2.11. The molecule has 0 N–H and O–H groups in total. The van der Waals surface area contributed by atoms with Crippen molar-refractivity contribution in [2.24, 2.45) is 0 Å². The number of furan rings is 1. The topological polar surface area (TPSA) is 56.7 Å². The van der Waals surface area contributed by atoms with E-state index >= 15 is 0 Å². The van der Waals surface area contributed by atoms with Gasteiger partial charge in [0.05, 0.1) is 17.9 Å². The van der Waals surface area contributed by atoms with Gasteiger partial charge in [-0.05, 0) is 64.7 Å². The summed E-state index contributed by atoms with van der Waals surface area (Å²) in [5, 5.41) is 3.47. The van der Waals surface area contributed by atoms with Crippen molar-refractivity contribution in [2.75, 3.05) is 0 Å². The average Bonchev–Trinajstić information content (AvgIpc) is 3.78. The van der Waals surface area contributed by atoms with E-state index in [0.717, 1.165) is 60.5 Å². The van der Waals surface area contributed by atoms with E-state index in [1.807, 2.05) is 102 Å². The SMILES string of the molecule is [2H]c1c([2H])c([2H])c(-c2cccc3c2c2ccccc2n3-c2nc(-c3ccccc3)nc(-c3ccc4oc5cc(-c6ccccc6)ccc5c4c3)n2)c([2H])c1[2H]. The number of benzene rings is 7. The van der Waals surface area contributed by atoms with Crippen molar-refractivity contribution in [3.63, 3.8) is 0 Å². The van der Waals surface area contributed by atoms with Gasteiger partial charge in [-0.15, -0.1) is 0 Å². The summed E-state index contributed by atoms with van der Waals surface area (Å²) in [4.78, 5) is 15.2. The van der Waals surface area contributed by atoms with Crippen molar-refractivity contribution in [3.05, 3.63) is 170 Å². The number of rotatable bonds is 5. The lowest BCUT2D eigenvalue weighted by Crippen LogP contribution is -2.06. The van der Waals surface area contributed by atoms with Crippen molar-refractivity contribution in [1.82, 2.24) is 19.5 Å². The van der Waals surface area contributed by atoms with Crippen LogP contribution in [-0.2, 0) is 0 Å². The maximum atomic E-state index is 8.80. The molecule has 0 atom stereocenters. The van der Waals surface area contributed by atoms with Gasteiger partial charge >= 0.3 is 0 Å². The van der Waals surface area contributed by atoms with Crippen LogP contribution in [0.15, 0.2) is 174 Å². The minimum absolute atomic E-state index is 0.136. The average molecular weight is 646 g/mol. The van der Waals surface area contributed by atoms with Crippen molar-refractivity contribution < 1.29 is 11.3 Å². The van der Waals surface area contributed by atoms with Crippen LogP contribution in [0.5, 0.6) is 0 Å². The second-order valence-corrected chi connectivity index (χ2v) is 12.1. The Bertz CT molecular complexity index is 3130. The predicted octanol–water partition coefficient (Wildman–Crippen LogP) is 11.5. The van der Waals surface area contributed by atoms with Gasteiger partial charge < -0.3 is 4.42 Å². The summed E-state index contributed by atoms with van der Waals surface area (Å²) in [6.07, 6.45) is 0. The third kappa shape index (κ3) is 4.60. The number of para-hydroxylation sites is 1. The molecular weight excluding hydrogens is 613 g/mol. The molecule has 0 unspecified atom stereocenters. The van der Waals surface area contributed by atoms with Crippen molar-refractivity contribution >= 4 is 43.7 Å². The molecule has 3 heterocycles. The maximum absolute atomic E-state index is 8.80. The molecule has 0 bridgehead atoms. The quantitative estimate of drug-likeness (QED) is 0.187. The number of fused-ring (bicyclic) bond motifs is 6. The van der Waals surface area contributed by atoms with Crippen molar-refractivity contribution in [3.8, 4) is 51.0 Å². The van der Waals surface area contributed by atoms with Gasteiger partial charge in [0.1, 0.15) is 11.2 Å². The molecule has 0 radical (unpaired) electrons. The van der Waals surface area contributed by atoms with E-state index in [1.165, 1.54) is 0 Å². The van der Waals surface area contributed by atoms with Crippen LogP contribution >= 0.6 is 0 Å². The summed E-state index contributed by atoms with van der Waals surface area (Å²) in [5.41, 5.74) is 7.49.